The van der Waals surface area contributed by atoms with Crippen molar-refractivity contribution in [2.24, 2.45) is 0 Å². The molecule has 10 N–H and O–H groups in total. The quantitative estimate of drug-likeness (QED) is 0.0726. The molecule has 0 fully saturated rings. The van der Waals surface area contributed by atoms with E-state index in [0.29, 0.717) is 63.7 Å². The van der Waals surface area contributed by atoms with Crippen molar-refractivity contribution >= 4 is 47.6 Å². The second-order valence-electron chi connectivity index (χ2n) is 13.1. The lowest BCUT2D eigenvalue weighted by molar-refractivity contribution is -0.118. The zero-order chi connectivity index (χ0) is 55.4. The first-order valence-corrected chi connectivity index (χ1v) is 23.7. The maximum Gasteiger partial charge on any atom is 0.254 e. The molecule has 2 aromatic carbocycles. The Morgan fingerprint density at radius 1 is 0.559 bits per heavy atom. The summed E-state index contributed by atoms with van der Waals surface area (Å²) in [6.45, 7) is 32.8. The van der Waals surface area contributed by atoms with Crippen molar-refractivity contribution in [3.8, 4) is 0 Å². The van der Waals surface area contributed by atoms with E-state index in [1.165, 1.54) is 11.9 Å². The number of aliphatic hydroxyl groups is 6. The molecule has 0 spiro atoms. The number of aliphatic hydroxyl groups excluding tert-OH is 6. The van der Waals surface area contributed by atoms with Crippen molar-refractivity contribution < 1.29 is 59.4 Å². The van der Waals surface area contributed by atoms with Crippen LogP contribution < -0.4 is 21.3 Å². The van der Waals surface area contributed by atoms with Crippen molar-refractivity contribution in [3.05, 3.63) is 55.6 Å². The van der Waals surface area contributed by atoms with Crippen molar-refractivity contribution in [2.45, 2.75) is 137 Å². The maximum absolute atomic E-state index is 13.4. The van der Waals surface area contributed by atoms with Gasteiger partial charge < -0.3 is 66.5 Å². The summed E-state index contributed by atoms with van der Waals surface area (Å²) in [4.78, 5) is 75.7. The molecule has 0 aliphatic heterocycles. The molecular weight excluding hydrogens is 877 g/mol. The molecule has 0 saturated heterocycles. The van der Waals surface area contributed by atoms with Crippen LogP contribution in [0.3, 0.4) is 0 Å². The Morgan fingerprint density at radius 3 is 1.25 bits per heavy atom. The lowest BCUT2D eigenvalue weighted by Gasteiger charge is -2.25. The third-order valence-corrected chi connectivity index (χ3v) is 8.60. The van der Waals surface area contributed by atoms with Gasteiger partial charge in [0.15, 0.2) is 6.29 Å². The molecule has 2 rings (SSSR count). The van der Waals surface area contributed by atoms with Crippen LogP contribution in [-0.2, 0) is 9.59 Å². The van der Waals surface area contributed by atoms with Gasteiger partial charge >= 0.3 is 0 Å². The SMILES string of the molecule is CC.CC.CC.CC.CC.CC.CN(C)CC(O)CO.CNc1c(C)c(C(=O)NCCNC(=O)c2c(C)c(C=O)c(C)c(NC(=O)CO)c2C)c(C)c(C(=O)N(C)CC(O)CO)c1C.O=CCO. The Morgan fingerprint density at radius 2 is 0.926 bits per heavy atom. The molecule has 2 aromatic rings. The molecular formula is C50H96N6O12. The summed E-state index contributed by atoms with van der Waals surface area (Å²) < 4.78 is 0. The molecule has 0 bridgehead atoms. The van der Waals surface area contributed by atoms with Crippen molar-refractivity contribution in [1.29, 1.82) is 0 Å². The first kappa shape index (κ1) is 77.4. The van der Waals surface area contributed by atoms with Crippen molar-refractivity contribution in [2.75, 3.05) is 91.4 Å². The van der Waals surface area contributed by atoms with Gasteiger partial charge in [-0.3, -0.25) is 24.0 Å². The maximum atomic E-state index is 13.4. The van der Waals surface area contributed by atoms with Gasteiger partial charge in [-0.05, 0) is 89.0 Å². The number of carbonyl (C=O) groups excluding carboxylic acids is 6. The van der Waals surface area contributed by atoms with Crippen LogP contribution in [0.5, 0.6) is 0 Å². The third-order valence-electron chi connectivity index (χ3n) is 8.60. The third kappa shape index (κ3) is 27.9. The van der Waals surface area contributed by atoms with E-state index in [2.05, 4.69) is 21.3 Å². The topological polar surface area (TPSA) is 278 Å². The monoisotopic (exact) mass is 973 g/mol. The first-order valence-electron chi connectivity index (χ1n) is 23.7. The summed E-state index contributed by atoms with van der Waals surface area (Å²) >= 11 is 0. The Labute approximate surface area is 410 Å². The van der Waals surface area contributed by atoms with Gasteiger partial charge in [-0.15, -0.1) is 0 Å². The highest BCUT2D eigenvalue weighted by Crippen LogP contribution is 2.32. The molecule has 68 heavy (non-hydrogen) atoms. The minimum atomic E-state index is -1.11. The van der Waals surface area contributed by atoms with Crippen LogP contribution in [0.25, 0.3) is 0 Å². The number of nitrogens with zero attached hydrogens (tertiary/aromatic N) is 2. The van der Waals surface area contributed by atoms with Gasteiger partial charge in [-0.25, -0.2) is 0 Å². The van der Waals surface area contributed by atoms with E-state index < -0.39 is 49.1 Å². The number of hydrogen-bond donors (Lipinski definition) is 10. The van der Waals surface area contributed by atoms with E-state index in [1.807, 2.05) is 102 Å². The molecule has 398 valence electrons. The number of rotatable bonds is 17. The van der Waals surface area contributed by atoms with Gasteiger partial charge in [0.05, 0.1) is 32.0 Å². The van der Waals surface area contributed by atoms with E-state index >= 15 is 0 Å². The van der Waals surface area contributed by atoms with Gasteiger partial charge in [-0.2, -0.15) is 0 Å². The van der Waals surface area contributed by atoms with Crippen LogP contribution in [0.2, 0.25) is 0 Å². The molecule has 2 unspecified atom stereocenters. The summed E-state index contributed by atoms with van der Waals surface area (Å²) in [6, 6.07) is 0. The number of likely N-dealkylation sites (N-methyl/N-ethyl adjacent to an activating group) is 2. The molecule has 0 aliphatic rings. The van der Waals surface area contributed by atoms with Gasteiger partial charge in [0, 0.05) is 73.9 Å². The second-order valence-corrected chi connectivity index (χ2v) is 13.1. The van der Waals surface area contributed by atoms with E-state index in [1.54, 1.807) is 48.6 Å². The molecule has 18 nitrogen and oxygen atoms in total. The van der Waals surface area contributed by atoms with Crippen LogP contribution in [0.15, 0.2) is 0 Å². The normalized spacial score (nSPS) is 10.0. The zero-order valence-electron chi connectivity index (χ0n) is 46.0. The fourth-order valence-corrected chi connectivity index (χ4v) is 6.03. The lowest BCUT2D eigenvalue weighted by atomic mass is 9.90. The molecule has 0 radical (unpaired) electrons. The first-order chi connectivity index (χ1) is 32.3. The number of hydrogen-bond acceptors (Lipinski definition) is 14. The highest BCUT2D eigenvalue weighted by molar-refractivity contribution is 6.07. The predicted octanol–water partition coefficient (Wildman–Crippen LogP) is 5.14. The molecule has 0 aliphatic carbocycles. The minimum Gasteiger partial charge on any atom is -0.394 e. The Kier molecular flexibility index (Phi) is 55.3. The second kappa shape index (κ2) is 48.6. The summed E-state index contributed by atoms with van der Waals surface area (Å²) in [5.41, 5.74) is 4.93. The molecule has 18 heteroatoms. The van der Waals surface area contributed by atoms with Crippen LogP contribution in [-0.4, -0.2) is 170 Å². The summed E-state index contributed by atoms with van der Waals surface area (Å²) in [5.74, 6) is -2.08. The number of carbonyl (C=O) groups is 6. The number of benzene rings is 2. The van der Waals surface area contributed by atoms with Crippen LogP contribution >= 0.6 is 0 Å². The Balaban J connectivity index is -0.000000260. The number of nitrogens with one attached hydrogen (secondary N) is 4. The molecule has 0 saturated carbocycles. The fraction of sp³-hybridized carbons (Fsp3) is 0.640. The van der Waals surface area contributed by atoms with E-state index in [0.717, 1.165) is 0 Å². The van der Waals surface area contributed by atoms with Gasteiger partial charge in [-0.1, -0.05) is 83.1 Å². The summed E-state index contributed by atoms with van der Waals surface area (Å²) in [6.07, 6.45) is -0.669. The van der Waals surface area contributed by atoms with Gasteiger partial charge in [0.1, 0.15) is 12.9 Å². The molecule has 4 amide bonds. The Bertz CT molecular complexity index is 1690. The van der Waals surface area contributed by atoms with Crippen molar-refractivity contribution in [1.82, 2.24) is 20.4 Å². The van der Waals surface area contributed by atoms with Crippen LogP contribution in [0.1, 0.15) is 158 Å². The average Bonchev–Trinajstić information content (AvgIpc) is 3.35. The van der Waals surface area contributed by atoms with Gasteiger partial charge in [0.2, 0.25) is 5.91 Å². The molecule has 0 aromatic heterocycles. The summed E-state index contributed by atoms with van der Waals surface area (Å²) in [7, 11) is 6.87. The largest absolute Gasteiger partial charge is 0.394 e. The van der Waals surface area contributed by atoms with Crippen molar-refractivity contribution in [3.63, 3.8) is 0 Å². The minimum absolute atomic E-state index is 0.0303. The smallest absolute Gasteiger partial charge is 0.254 e. The predicted molar refractivity (Wildman–Crippen MR) is 280 cm³/mol. The van der Waals surface area contributed by atoms with Crippen LogP contribution in [0, 0.1) is 41.5 Å². The highest BCUT2D eigenvalue weighted by atomic mass is 16.3. The highest BCUT2D eigenvalue weighted by Gasteiger charge is 2.27. The number of anilines is 2. The van der Waals surface area contributed by atoms with E-state index in [4.69, 9.17) is 25.2 Å². The molecule has 2 atom stereocenters. The van der Waals surface area contributed by atoms with E-state index in [-0.39, 0.29) is 55.2 Å². The zero-order valence-corrected chi connectivity index (χ0v) is 46.0. The fourth-order valence-electron chi connectivity index (χ4n) is 6.03. The standard InChI is InChI=1S/C31H43N5O8.C5H13NO2.C2H4O2.6C2H6/c1-15-22(13-38)16(2)28(35-23(41)14-39)19(5)24(15)29(42)33-9-10-34-30(43)25-17(3)26(20(6)27(32-7)18(25)4)31(44)36(8)11-21(40)12-37;1-6(2)3-5(8)4-7;3-1-2-4;6*1-2/h13,21,32,37,39-40H,9-12,14H2,1-8H3,(H,33,42)(H,34,43)(H,35,41);5,7-8H,3-4H2,1-2H3;1,4H,2H2;6*1-2H3. The Hall–Kier alpha value is -4.82. The van der Waals surface area contributed by atoms with Crippen LogP contribution in [0.4, 0.5) is 11.4 Å². The molecule has 0 heterocycles. The number of amides is 4. The van der Waals surface area contributed by atoms with E-state index in [9.17, 15) is 34.2 Å². The summed E-state index contributed by atoms with van der Waals surface area (Å²) in [5, 5.41) is 63.8. The lowest BCUT2D eigenvalue weighted by Crippen LogP contribution is -2.38. The van der Waals surface area contributed by atoms with Gasteiger partial charge in [0.25, 0.3) is 17.7 Å². The average molecular weight is 973 g/mol. The number of aldehydes is 2.